The zero-order valence-corrected chi connectivity index (χ0v) is 11.6. The summed E-state index contributed by atoms with van der Waals surface area (Å²) < 4.78 is 0. The first-order valence-corrected chi connectivity index (χ1v) is 6.82. The fourth-order valence-corrected chi connectivity index (χ4v) is 2.79. The van der Waals surface area contributed by atoms with Gasteiger partial charge in [-0.15, -0.1) is 0 Å². The average Bonchev–Trinajstić information content (AvgIpc) is 2.87. The standard InChI is InChI=1S/C16H14N2O4/c19-13-5-6-17-9-12(13)14(20)18-16(15(21)22)7-10-3-1-2-4-11(10)8-16/h1-6,9H,7-8H2,(H,17,19)(H,18,20)(H,21,22). The summed E-state index contributed by atoms with van der Waals surface area (Å²) in [5, 5.41) is 12.1. The monoisotopic (exact) mass is 298 g/mol. The number of carboxylic acid groups (broad SMARTS) is 1. The van der Waals surface area contributed by atoms with Gasteiger partial charge in [0.05, 0.1) is 0 Å². The van der Waals surface area contributed by atoms with Crippen molar-refractivity contribution in [1.29, 1.82) is 0 Å². The number of carboxylic acids is 1. The number of fused-ring (bicyclic) bond motifs is 1. The summed E-state index contributed by atoms with van der Waals surface area (Å²) in [6.07, 6.45) is 3.09. The lowest BCUT2D eigenvalue weighted by molar-refractivity contribution is -0.144. The van der Waals surface area contributed by atoms with Crippen molar-refractivity contribution in [1.82, 2.24) is 10.3 Å². The van der Waals surface area contributed by atoms with Crippen LogP contribution in [0, 0.1) is 0 Å². The molecule has 6 heteroatoms. The van der Waals surface area contributed by atoms with Gasteiger partial charge in [0.15, 0.2) is 5.43 Å². The molecule has 0 saturated carbocycles. The van der Waals surface area contributed by atoms with Gasteiger partial charge in [-0.3, -0.25) is 9.59 Å². The molecule has 1 amide bonds. The summed E-state index contributed by atoms with van der Waals surface area (Å²) in [5.41, 5.74) is -0.172. The minimum atomic E-state index is -1.41. The largest absolute Gasteiger partial charge is 0.479 e. The van der Waals surface area contributed by atoms with Crippen LogP contribution in [0.25, 0.3) is 0 Å². The molecule has 1 aliphatic rings. The number of H-pyrrole nitrogens is 1. The van der Waals surface area contributed by atoms with Crippen LogP contribution >= 0.6 is 0 Å². The lowest BCUT2D eigenvalue weighted by Gasteiger charge is -2.25. The molecule has 0 radical (unpaired) electrons. The quantitative estimate of drug-likeness (QED) is 0.777. The van der Waals surface area contributed by atoms with Crippen LogP contribution in [0.4, 0.5) is 0 Å². The summed E-state index contributed by atoms with van der Waals surface area (Å²) in [7, 11) is 0. The molecule has 3 N–H and O–H groups in total. The van der Waals surface area contributed by atoms with E-state index >= 15 is 0 Å². The van der Waals surface area contributed by atoms with E-state index < -0.39 is 22.8 Å². The number of carbonyl (C=O) groups is 2. The van der Waals surface area contributed by atoms with Crippen LogP contribution in [0.3, 0.4) is 0 Å². The van der Waals surface area contributed by atoms with Crippen LogP contribution in [-0.2, 0) is 17.6 Å². The van der Waals surface area contributed by atoms with Gasteiger partial charge in [-0.1, -0.05) is 24.3 Å². The van der Waals surface area contributed by atoms with Gasteiger partial charge in [0.25, 0.3) is 5.91 Å². The van der Waals surface area contributed by atoms with E-state index in [1.807, 2.05) is 24.3 Å². The van der Waals surface area contributed by atoms with Crippen LogP contribution in [0.2, 0.25) is 0 Å². The summed E-state index contributed by atoms with van der Waals surface area (Å²) in [5.74, 6) is -1.79. The molecule has 6 nitrogen and oxygen atoms in total. The number of pyridine rings is 1. The maximum Gasteiger partial charge on any atom is 0.330 e. The first-order valence-electron chi connectivity index (χ1n) is 6.82. The van der Waals surface area contributed by atoms with E-state index in [9.17, 15) is 19.5 Å². The Morgan fingerprint density at radius 2 is 1.77 bits per heavy atom. The number of amides is 1. The molecule has 0 spiro atoms. The van der Waals surface area contributed by atoms with Gasteiger partial charge < -0.3 is 15.4 Å². The molecule has 3 rings (SSSR count). The second-order valence-corrected chi connectivity index (χ2v) is 5.39. The summed E-state index contributed by atoms with van der Waals surface area (Å²) >= 11 is 0. The van der Waals surface area contributed by atoms with Gasteiger partial charge in [-0.2, -0.15) is 0 Å². The molecule has 0 aliphatic heterocycles. The molecular weight excluding hydrogens is 284 g/mol. The predicted octanol–water partition coefficient (Wildman–Crippen LogP) is 0.727. The minimum Gasteiger partial charge on any atom is -0.479 e. The Balaban J connectivity index is 1.92. The van der Waals surface area contributed by atoms with Crippen molar-refractivity contribution in [2.45, 2.75) is 18.4 Å². The average molecular weight is 298 g/mol. The molecule has 1 aromatic carbocycles. The third-order valence-corrected chi connectivity index (χ3v) is 3.93. The maximum absolute atomic E-state index is 12.3. The summed E-state index contributed by atoms with van der Waals surface area (Å²) in [6, 6.07) is 8.59. The molecule has 0 fully saturated rings. The molecule has 2 aromatic rings. The molecule has 0 saturated heterocycles. The highest BCUT2D eigenvalue weighted by Crippen LogP contribution is 2.30. The van der Waals surface area contributed by atoms with E-state index in [4.69, 9.17) is 0 Å². The fourth-order valence-electron chi connectivity index (χ4n) is 2.79. The minimum absolute atomic E-state index is 0.0981. The Bertz CT molecular complexity index is 785. The number of rotatable bonds is 3. The second-order valence-electron chi connectivity index (χ2n) is 5.39. The van der Waals surface area contributed by atoms with Gasteiger partial charge >= 0.3 is 5.97 Å². The topological polar surface area (TPSA) is 99.3 Å². The third-order valence-electron chi connectivity index (χ3n) is 3.93. The predicted molar refractivity (Wildman–Crippen MR) is 78.7 cm³/mol. The van der Waals surface area contributed by atoms with Crippen LogP contribution in [-0.4, -0.2) is 27.5 Å². The van der Waals surface area contributed by atoms with Gasteiger partial charge in [0, 0.05) is 31.3 Å². The number of aliphatic carboxylic acids is 1. The summed E-state index contributed by atoms with van der Waals surface area (Å²) in [6.45, 7) is 0. The number of hydrogen-bond acceptors (Lipinski definition) is 3. The van der Waals surface area contributed by atoms with E-state index in [0.717, 1.165) is 11.1 Å². The Kier molecular flexibility index (Phi) is 3.29. The van der Waals surface area contributed by atoms with Crippen molar-refractivity contribution in [3.8, 4) is 0 Å². The van der Waals surface area contributed by atoms with Crippen molar-refractivity contribution < 1.29 is 14.7 Å². The van der Waals surface area contributed by atoms with Crippen LogP contribution in [0.1, 0.15) is 21.5 Å². The first kappa shape index (κ1) is 14.1. The van der Waals surface area contributed by atoms with Crippen molar-refractivity contribution in [3.63, 3.8) is 0 Å². The van der Waals surface area contributed by atoms with Crippen molar-refractivity contribution in [2.24, 2.45) is 0 Å². The highest BCUT2D eigenvalue weighted by atomic mass is 16.4. The Labute approximate surface area is 125 Å². The Morgan fingerprint density at radius 1 is 1.14 bits per heavy atom. The highest BCUT2D eigenvalue weighted by molar-refractivity contribution is 5.98. The van der Waals surface area contributed by atoms with Gasteiger partial charge in [0.1, 0.15) is 11.1 Å². The zero-order chi connectivity index (χ0) is 15.7. The molecule has 112 valence electrons. The number of benzene rings is 1. The number of hydrogen-bond donors (Lipinski definition) is 3. The fraction of sp³-hybridized carbons (Fsp3) is 0.188. The molecule has 1 aromatic heterocycles. The van der Waals surface area contributed by atoms with E-state index in [2.05, 4.69) is 10.3 Å². The van der Waals surface area contributed by atoms with E-state index in [0.29, 0.717) is 0 Å². The van der Waals surface area contributed by atoms with Crippen molar-refractivity contribution in [2.75, 3.05) is 0 Å². The van der Waals surface area contributed by atoms with E-state index in [-0.39, 0.29) is 18.4 Å². The smallest absolute Gasteiger partial charge is 0.330 e. The zero-order valence-electron chi connectivity index (χ0n) is 11.6. The van der Waals surface area contributed by atoms with Gasteiger partial charge in [-0.25, -0.2) is 4.79 Å². The van der Waals surface area contributed by atoms with E-state index in [1.54, 1.807) is 0 Å². The molecule has 1 aliphatic carbocycles. The second kappa shape index (κ2) is 5.14. The number of nitrogens with one attached hydrogen (secondary N) is 2. The van der Waals surface area contributed by atoms with Crippen molar-refractivity contribution in [3.05, 3.63) is 69.6 Å². The Hall–Kier alpha value is -2.89. The molecule has 1 heterocycles. The van der Waals surface area contributed by atoms with Crippen molar-refractivity contribution >= 4 is 11.9 Å². The summed E-state index contributed by atoms with van der Waals surface area (Å²) in [4.78, 5) is 38.4. The lowest BCUT2D eigenvalue weighted by atomic mass is 9.95. The number of carbonyl (C=O) groups excluding carboxylic acids is 1. The van der Waals surface area contributed by atoms with Crippen LogP contribution < -0.4 is 10.7 Å². The first-order chi connectivity index (χ1) is 10.5. The molecular formula is C16H14N2O4. The molecule has 0 atom stereocenters. The molecule has 22 heavy (non-hydrogen) atoms. The highest BCUT2D eigenvalue weighted by Gasteiger charge is 2.45. The van der Waals surface area contributed by atoms with Gasteiger partial charge in [0.2, 0.25) is 0 Å². The van der Waals surface area contributed by atoms with Crippen LogP contribution in [0.5, 0.6) is 0 Å². The Morgan fingerprint density at radius 3 is 2.32 bits per heavy atom. The normalized spacial score (nSPS) is 15.1. The van der Waals surface area contributed by atoms with Crippen LogP contribution in [0.15, 0.2) is 47.5 Å². The lowest BCUT2D eigenvalue weighted by Crippen LogP contribution is -2.56. The SMILES string of the molecule is O=C(NC1(C(=O)O)Cc2ccccc2C1)c1c[nH]ccc1=O. The molecule has 0 bridgehead atoms. The number of aromatic amines is 1. The van der Waals surface area contributed by atoms with E-state index in [1.165, 1.54) is 18.5 Å². The maximum atomic E-state index is 12.3. The molecule has 0 unspecified atom stereocenters. The number of aromatic nitrogens is 1. The van der Waals surface area contributed by atoms with Gasteiger partial charge in [-0.05, 0) is 11.1 Å². The third kappa shape index (κ3) is 2.28.